The summed E-state index contributed by atoms with van der Waals surface area (Å²) in [7, 11) is 0. The first-order valence-electron chi connectivity index (χ1n) is 10.6. The molecule has 1 aliphatic carbocycles. The molecule has 0 spiro atoms. The van der Waals surface area contributed by atoms with Gasteiger partial charge in [-0.3, -0.25) is 0 Å². The van der Waals surface area contributed by atoms with E-state index in [0.29, 0.717) is 12.6 Å². The number of nitrogens with zero attached hydrogens (tertiary/aromatic N) is 1. The number of H-pyrrole nitrogens is 1. The van der Waals surface area contributed by atoms with E-state index in [1.807, 2.05) is 48.5 Å². The minimum atomic E-state index is -0.531. The molecule has 1 saturated carbocycles. The molecular formula is C23H30N4O2. The first kappa shape index (κ1) is 19.9. The van der Waals surface area contributed by atoms with E-state index in [9.17, 15) is 5.11 Å². The van der Waals surface area contributed by atoms with E-state index in [1.54, 1.807) is 0 Å². The summed E-state index contributed by atoms with van der Waals surface area (Å²) < 4.78 is 5.72. The highest BCUT2D eigenvalue weighted by molar-refractivity contribution is 5.79. The molecule has 154 valence electrons. The molecule has 1 aliphatic rings. The molecule has 0 radical (unpaired) electrons. The number of benzene rings is 2. The molecule has 1 heterocycles. The third-order valence-corrected chi connectivity index (χ3v) is 5.43. The van der Waals surface area contributed by atoms with Crippen molar-refractivity contribution in [1.29, 1.82) is 0 Å². The molecule has 4 rings (SSSR count). The van der Waals surface area contributed by atoms with Crippen LogP contribution in [0.15, 0.2) is 48.5 Å². The van der Waals surface area contributed by atoms with Gasteiger partial charge in [0.05, 0.1) is 11.0 Å². The Kier molecular flexibility index (Phi) is 6.77. The Balaban J connectivity index is 1.17. The van der Waals surface area contributed by atoms with Gasteiger partial charge in [0.2, 0.25) is 0 Å². The summed E-state index contributed by atoms with van der Waals surface area (Å²) in [4.78, 5) is 7.94. The van der Waals surface area contributed by atoms with Gasteiger partial charge in [0.15, 0.2) is 0 Å². The van der Waals surface area contributed by atoms with Crippen molar-refractivity contribution in [3.05, 3.63) is 48.5 Å². The van der Waals surface area contributed by atoms with Crippen molar-refractivity contribution in [2.45, 2.75) is 37.8 Å². The minimum absolute atomic E-state index is 0.271. The van der Waals surface area contributed by atoms with Crippen LogP contribution >= 0.6 is 0 Å². The van der Waals surface area contributed by atoms with Gasteiger partial charge in [-0.05, 0) is 49.2 Å². The molecule has 0 amide bonds. The van der Waals surface area contributed by atoms with E-state index in [4.69, 9.17) is 4.74 Å². The van der Waals surface area contributed by atoms with E-state index >= 15 is 0 Å². The third kappa shape index (κ3) is 5.56. The smallest absolute Gasteiger partial charge is 0.138 e. The summed E-state index contributed by atoms with van der Waals surface area (Å²) in [6.45, 7) is 2.61. The summed E-state index contributed by atoms with van der Waals surface area (Å²) in [5, 5.41) is 17.0. The monoisotopic (exact) mass is 394 g/mol. The van der Waals surface area contributed by atoms with Crippen molar-refractivity contribution in [3.8, 4) is 17.1 Å². The fourth-order valence-electron chi connectivity index (χ4n) is 3.81. The minimum Gasteiger partial charge on any atom is -0.491 e. The van der Waals surface area contributed by atoms with Crippen LogP contribution in [-0.4, -0.2) is 53.5 Å². The zero-order chi connectivity index (χ0) is 19.9. The number of hydrogen-bond donors (Lipinski definition) is 4. The number of aliphatic hydroxyl groups excluding tert-OH is 1. The SMILES string of the molecule is OC(CNCCNC1CCCC1)COc1ccc(-c2nc3ccccc3[nH]2)cc1. The standard InChI is InChI=1S/C23H30N4O2/c28-19(15-24-13-14-25-18-5-1-2-6-18)16-29-20-11-9-17(10-12-20)23-26-21-7-3-4-8-22(21)27-23/h3-4,7-12,18-19,24-25,28H,1-2,5-6,13-16H2,(H,26,27). The number of aromatic amines is 1. The van der Waals surface area contributed by atoms with Crippen LogP contribution in [0.4, 0.5) is 0 Å². The Bertz CT molecular complexity index is 854. The van der Waals surface area contributed by atoms with Crippen LogP contribution in [0.5, 0.6) is 5.75 Å². The number of aromatic nitrogens is 2. The Labute approximate surface area is 171 Å². The molecule has 0 aliphatic heterocycles. The Morgan fingerprint density at radius 2 is 1.86 bits per heavy atom. The molecule has 6 heteroatoms. The topological polar surface area (TPSA) is 82.2 Å². The number of rotatable bonds is 10. The average molecular weight is 395 g/mol. The van der Waals surface area contributed by atoms with Gasteiger partial charge >= 0.3 is 0 Å². The number of hydrogen-bond acceptors (Lipinski definition) is 5. The Hall–Kier alpha value is -2.41. The summed E-state index contributed by atoms with van der Waals surface area (Å²) in [6, 6.07) is 16.5. The highest BCUT2D eigenvalue weighted by Gasteiger charge is 2.13. The maximum Gasteiger partial charge on any atom is 0.138 e. The summed E-state index contributed by atoms with van der Waals surface area (Å²) in [6.07, 6.45) is 4.76. The van der Waals surface area contributed by atoms with Gasteiger partial charge in [0, 0.05) is 31.2 Å². The predicted octanol–water partition coefficient (Wildman–Crippen LogP) is 3.09. The van der Waals surface area contributed by atoms with Gasteiger partial charge in [-0.2, -0.15) is 0 Å². The second-order valence-electron chi connectivity index (χ2n) is 7.73. The van der Waals surface area contributed by atoms with Crippen LogP contribution < -0.4 is 15.4 Å². The van der Waals surface area contributed by atoms with Gasteiger partial charge in [-0.1, -0.05) is 25.0 Å². The number of aliphatic hydroxyl groups is 1. The molecule has 1 fully saturated rings. The Morgan fingerprint density at radius 1 is 1.07 bits per heavy atom. The lowest BCUT2D eigenvalue weighted by Gasteiger charge is -2.15. The summed E-state index contributed by atoms with van der Waals surface area (Å²) >= 11 is 0. The van der Waals surface area contributed by atoms with E-state index in [-0.39, 0.29) is 6.61 Å². The van der Waals surface area contributed by atoms with Crippen LogP contribution in [0.1, 0.15) is 25.7 Å². The number of para-hydroxylation sites is 2. The first-order chi connectivity index (χ1) is 14.3. The molecule has 6 nitrogen and oxygen atoms in total. The fourth-order valence-corrected chi connectivity index (χ4v) is 3.81. The first-order valence-corrected chi connectivity index (χ1v) is 10.6. The number of ether oxygens (including phenoxy) is 1. The zero-order valence-electron chi connectivity index (χ0n) is 16.7. The number of imidazole rings is 1. The van der Waals surface area contributed by atoms with Crippen LogP contribution in [0.2, 0.25) is 0 Å². The van der Waals surface area contributed by atoms with Gasteiger partial charge in [-0.15, -0.1) is 0 Å². The second kappa shape index (κ2) is 9.87. The van der Waals surface area contributed by atoms with Crippen LogP contribution in [0.25, 0.3) is 22.4 Å². The normalized spacial score (nSPS) is 15.8. The lowest BCUT2D eigenvalue weighted by Crippen LogP contribution is -2.37. The maximum atomic E-state index is 10.1. The van der Waals surface area contributed by atoms with Gasteiger partial charge in [0.1, 0.15) is 24.3 Å². The maximum absolute atomic E-state index is 10.1. The van der Waals surface area contributed by atoms with Gasteiger partial charge < -0.3 is 25.5 Å². The van der Waals surface area contributed by atoms with E-state index in [1.165, 1.54) is 25.7 Å². The molecule has 1 atom stereocenters. The molecule has 0 bridgehead atoms. The second-order valence-corrected chi connectivity index (χ2v) is 7.73. The van der Waals surface area contributed by atoms with Crippen molar-refractivity contribution in [2.75, 3.05) is 26.2 Å². The molecule has 1 unspecified atom stereocenters. The molecule has 4 N–H and O–H groups in total. The highest BCUT2D eigenvalue weighted by atomic mass is 16.5. The lowest BCUT2D eigenvalue weighted by molar-refractivity contribution is 0.106. The zero-order valence-corrected chi connectivity index (χ0v) is 16.7. The van der Waals surface area contributed by atoms with E-state index in [2.05, 4.69) is 20.6 Å². The summed E-state index contributed by atoms with van der Waals surface area (Å²) in [5.41, 5.74) is 2.99. The van der Waals surface area contributed by atoms with Crippen LogP contribution in [-0.2, 0) is 0 Å². The van der Waals surface area contributed by atoms with Crippen molar-refractivity contribution in [2.24, 2.45) is 0 Å². The quantitative estimate of drug-likeness (QED) is 0.397. The predicted molar refractivity (Wildman–Crippen MR) is 116 cm³/mol. The van der Waals surface area contributed by atoms with E-state index < -0.39 is 6.10 Å². The van der Waals surface area contributed by atoms with Gasteiger partial charge in [-0.25, -0.2) is 4.98 Å². The Morgan fingerprint density at radius 3 is 2.66 bits per heavy atom. The third-order valence-electron chi connectivity index (χ3n) is 5.43. The summed E-state index contributed by atoms with van der Waals surface area (Å²) in [5.74, 6) is 1.58. The fraction of sp³-hybridized carbons (Fsp3) is 0.435. The lowest BCUT2D eigenvalue weighted by atomic mass is 10.2. The average Bonchev–Trinajstić information content (AvgIpc) is 3.42. The van der Waals surface area contributed by atoms with Crippen molar-refractivity contribution >= 4 is 11.0 Å². The van der Waals surface area contributed by atoms with E-state index in [0.717, 1.165) is 41.3 Å². The molecule has 2 aromatic carbocycles. The van der Waals surface area contributed by atoms with Crippen LogP contribution in [0.3, 0.4) is 0 Å². The van der Waals surface area contributed by atoms with Crippen molar-refractivity contribution < 1.29 is 9.84 Å². The largest absolute Gasteiger partial charge is 0.491 e. The molecule has 0 saturated heterocycles. The molecular weight excluding hydrogens is 364 g/mol. The van der Waals surface area contributed by atoms with Gasteiger partial charge in [0.25, 0.3) is 0 Å². The highest BCUT2D eigenvalue weighted by Crippen LogP contribution is 2.23. The molecule has 29 heavy (non-hydrogen) atoms. The molecule has 3 aromatic rings. The van der Waals surface area contributed by atoms with Crippen molar-refractivity contribution in [3.63, 3.8) is 0 Å². The van der Waals surface area contributed by atoms with Crippen molar-refractivity contribution in [1.82, 2.24) is 20.6 Å². The molecule has 1 aromatic heterocycles. The number of nitrogens with one attached hydrogen (secondary N) is 3. The van der Waals surface area contributed by atoms with Crippen LogP contribution in [0, 0.1) is 0 Å². The number of fused-ring (bicyclic) bond motifs is 1.